The summed E-state index contributed by atoms with van der Waals surface area (Å²) in [7, 11) is 1.84. The van der Waals surface area contributed by atoms with Gasteiger partial charge in [0.15, 0.2) is 5.96 Å². The summed E-state index contributed by atoms with van der Waals surface area (Å²) < 4.78 is 2.26. The zero-order chi connectivity index (χ0) is 19.1. The van der Waals surface area contributed by atoms with Gasteiger partial charge in [-0.25, -0.2) is 4.98 Å². The van der Waals surface area contributed by atoms with Crippen molar-refractivity contribution in [1.29, 1.82) is 0 Å². The Balaban J connectivity index is 1.44. The first-order valence-corrected chi connectivity index (χ1v) is 10.3. The van der Waals surface area contributed by atoms with Crippen LogP contribution in [0.1, 0.15) is 38.4 Å². The molecule has 148 valence electrons. The summed E-state index contributed by atoms with van der Waals surface area (Å²) in [5, 5.41) is 6.90. The lowest BCUT2D eigenvalue weighted by molar-refractivity contribution is 0.147. The molecule has 1 atom stereocenters. The molecule has 2 aromatic rings. The molecule has 1 aliphatic rings. The smallest absolute Gasteiger partial charge is 0.191 e. The predicted octanol–water partition coefficient (Wildman–Crippen LogP) is 2.77. The number of guanidine groups is 1. The van der Waals surface area contributed by atoms with E-state index >= 15 is 0 Å². The number of aryl methyl sites for hydroxylation is 1. The van der Waals surface area contributed by atoms with Gasteiger partial charge in [0, 0.05) is 39.3 Å². The van der Waals surface area contributed by atoms with E-state index in [1.807, 2.05) is 13.1 Å². The van der Waals surface area contributed by atoms with Crippen molar-refractivity contribution >= 4 is 17.0 Å². The fourth-order valence-corrected chi connectivity index (χ4v) is 4.12. The Morgan fingerprint density at radius 2 is 1.96 bits per heavy atom. The van der Waals surface area contributed by atoms with E-state index in [9.17, 15) is 0 Å². The molecule has 1 aromatic carbocycles. The molecule has 6 nitrogen and oxygen atoms in total. The highest BCUT2D eigenvalue weighted by atomic mass is 15.2. The second-order valence-corrected chi connectivity index (χ2v) is 7.32. The Kier molecular flexibility index (Phi) is 7.10. The van der Waals surface area contributed by atoms with E-state index in [0.717, 1.165) is 49.5 Å². The first-order chi connectivity index (χ1) is 13.2. The summed E-state index contributed by atoms with van der Waals surface area (Å²) in [5.41, 5.74) is 2.25. The molecule has 6 heteroatoms. The average Bonchev–Trinajstić information content (AvgIpc) is 3.02. The summed E-state index contributed by atoms with van der Waals surface area (Å²) >= 11 is 0. The maximum atomic E-state index is 4.63. The standard InChI is InChI=1S/C21H34N6/c1-4-18-9-7-8-14-26(18)15-12-23-21(22-3)24-13-16-27-17(2)25-19-10-5-6-11-20(19)27/h5-6,10-11,18H,4,7-9,12-16H2,1-3H3,(H2,22,23,24). The van der Waals surface area contributed by atoms with Crippen molar-refractivity contribution in [3.63, 3.8) is 0 Å². The Labute approximate surface area is 163 Å². The molecule has 0 radical (unpaired) electrons. The van der Waals surface area contributed by atoms with Crippen molar-refractivity contribution in [2.45, 2.75) is 52.1 Å². The number of benzene rings is 1. The van der Waals surface area contributed by atoms with Gasteiger partial charge in [-0.1, -0.05) is 25.5 Å². The van der Waals surface area contributed by atoms with Gasteiger partial charge in [-0.05, 0) is 44.9 Å². The fourth-order valence-electron chi connectivity index (χ4n) is 4.12. The monoisotopic (exact) mass is 370 g/mol. The highest BCUT2D eigenvalue weighted by molar-refractivity contribution is 5.79. The summed E-state index contributed by atoms with van der Waals surface area (Å²) in [6.45, 7) is 9.32. The van der Waals surface area contributed by atoms with Gasteiger partial charge in [0.05, 0.1) is 11.0 Å². The lowest BCUT2D eigenvalue weighted by Gasteiger charge is -2.35. The summed E-state index contributed by atoms with van der Waals surface area (Å²) in [4.78, 5) is 11.6. The van der Waals surface area contributed by atoms with Gasteiger partial charge in [0.2, 0.25) is 0 Å². The van der Waals surface area contributed by atoms with Crippen molar-refractivity contribution in [2.75, 3.05) is 33.2 Å². The maximum absolute atomic E-state index is 4.63. The first kappa shape index (κ1) is 19.7. The molecule has 27 heavy (non-hydrogen) atoms. The summed E-state index contributed by atoms with van der Waals surface area (Å²) in [6.07, 6.45) is 5.32. The number of aliphatic imine (C=N–C) groups is 1. The number of hydrogen-bond donors (Lipinski definition) is 2. The number of hydrogen-bond acceptors (Lipinski definition) is 3. The molecule has 0 spiro atoms. The van der Waals surface area contributed by atoms with E-state index in [-0.39, 0.29) is 0 Å². The van der Waals surface area contributed by atoms with Crippen LogP contribution in [0.2, 0.25) is 0 Å². The molecule has 0 saturated carbocycles. The third-order valence-electron chi connectivity index (χ3n) is 5.61. The SMILES string of the molecule is CCC1CCCCN1CCNC(=NC)NCCn1c(C)nc2ccccc21. The second kappa shape index (κ2) is 9.74. The van der Waals surface area contributed by atoms with E-state index in [1.54, 1.807) is 0 Å². The number of aromatic nitrogens is 2. The first-order valence-electron chi connectivity index (χ1n) is 10.3. The lowest BCUT2D eigenvalue weighted by atomic mass is 10.0. The van der Waals surface area contributed by atoms with Crippen LogP contribution >= 0.6 is 0 Å². The third-order valence-corrected chi connectivity index (χ3v) is 5.61. The summed E-state index contributed by atoms with van der Waals surface area (Å²) in [5.74, 6) is 1.93. The molecule has 1 fully saturated rings. The van der Waals surface area contributed by atoms with E-state index in [1.165, 1.54) is 37.7 Å². The van der Waals surface area contributed by atoms with Crippen LogP contribution in [0.25, 0.3) is 11.0 Å². The Morgan fingerprint density at radius 3 is 2.74 bits per heavy atom. The highest BCUT2D eigenvalue weighted by Crippen LogP contribution is 2.18. The Bertz CT molecular complexity index is 750. The second-order valence-electron chi connectivity index (χ2n) is 7.32. The topological polar surface area (TPSA) is 57.5 Å². The highest BCUT2D eigenvalue weighted by Gasteiger charge is 2.19. The minimum Gasteiger partial charge on any atom is -0.355 e. The molecule has 2 heterocycles. The van der Waals surface area contributed by atoms with Crippen LogP contribution in [-0.4, -0.2) is 59.7 Å². The number of imidazole rings is 1. The van der Waals surface area contributed by atoms with Gasteiger partial charge in [0.25, 0.3) is 0 Å². The minimum absolute atomic E-state index is 0.757. The fraction of sp³-hybridized carbons (Fsp3) is 0.619. The van der Waals surface area contributed by atoms with Crippen LogP contribution in [0, 0.1) is 6.92 Å². The van der Waals surface area contributed by atoms with Gasteiger partial charge >= 0.3 is 0 Å². The lowest BCUT2D eigenvalue weighted by Crippen LogP contribution is -2.46. The van der Waals surface area contributed by atoms with Gasteiger partial charge in [-0.15, -0.1) is 0 Å². The molecular formula is C21H34N6. The van der Waals surface area contributed by atoms with E-state index in [0.29, 0.717) is 0 Å². The number of piperidine rings is 1. The quantitative estimate of drug-likeness (QED) is 0.581. The molecule has 0 aliphatic carbocycles. The number of rotatable bonds is 7. The minimum atomic E-state index is 0.757. The normalized spacial score (nSPS) is 18.8. The van der Waals surface area contributed by atoms with Gasteiger partial charge < -0.3 is 15.2 Å². The maximum Gasteiger partial charge on any atom is 0.191 e. The number of nitrogens with zero attached hydrogens (tertiary/aromatic N) is 4. The molecule has 1 aromatic heterocycles. The van der Waals surface area contributed by atoms with E-state index < -0.39 is 0 Å². The van der Waals surface area contributed by atoms with Crippen molar-refractivity contribution in [1.82, 2.24) is 25.1 Å². The van der Waals surface area contributed by atoms with E-state index in [4.69, 9.17) is 0 Å². The number of nitrogens with one attached hydrogen (secondary N) is 2. The molecule has 1 aliphatic heterocycles. The van der Waals surface area contributed by atoms with Crippen LogP contribution in [0.15, 0.2) is 29.3 Å². The van der Waals surface area contributed by atoms with E-state index in [2.05, 4.69) is 62.1 Å². The number of para-hydroxylation sites is 2. The number of fused-ring (bicyclic) bond motifs is 1. The van der Waals surface area contributed by atoms with Crippen LogP contribution in [0.5, 0.6) is 0 Å². The molecular weight excluding hydrogens is 336 g/mol. The average molecular weight is 371 g/mol. The third kappa shape index (κ3) is 5.01. The van der Waals surface area contributed by atoms with Gasteiger partial charge in [-0.3, -0.25) is 9.89 Å². The molecule has 3 rings (SSSR count). The zero-order valence-corrected chi connectivity index (χ0v) is 17.0. The van der Waals surface area contributed by atoms with Gasteiger partial charge in [-0.2, -0.15) is 0 Å². The molecule has 0 amide bonds. The molecule has 0 bridgehead atoms. The van der Waals surface area contributed by atoms with Gasteiger partial charge in [0.1, 0.15) is 5.82 Å². The van der Waals surface area contributed by atoms with Crippen LogP contribution in [-0.2, 0) is 6.54 Å². The predicted molar refractivity (Wildman–Crippen MR) is 113 cm³/mol. The van der Waals surface area contributed by atoms with Crippen molar-refractivity contribution in [3.8, 4) is 0 Å². The summed E-state index contributed by atoms with van der Waals surface area (Å²) in [6, 6.07) is 9.06. The molecule has 1 saturated heterocycles. The Morgan fingerprint density at radius 1 is 1.19 bits per heavy atom. The van der Waals surface area contributed by atoms with Crippen LogP contribution in [0.4, 0.5) is 0 Å². The largest absolute Gasteiger partial charge is 0.355 e. The van der Waals surface area contributed by atoms with Crippen molar-refractivity contribution < 1.29 is 0 Å². The van der Waals surface area contributed by atoms with Crippen LogP contribution < -0.4 is 10.6 Å². The Hall–Kier alpha value is -2.08. The zero-order valence-electron chi connectivity index (χ0n) is 17.0. The van der Waals surface area contributed by atoms with Crippen molar-refractivity contribution in [2.24, 2.45) is 4.99 Å². The number of likely N-dealkylation sites (tertiary alicyclic amines) is 1. The van der Waals surface area contributed by atoms with Crippen molar-refractivity contribution in [3.05, 3.63) is 30.1 Å². The molecule has 2 N–H and O–H groups in total. The molecule has 1 unspecified atom stereocenters. The van der Waals surface area contributed by atoms with Crippen LogP contribution in [0.3, 0.4) is 0 Å².